The van der Waals surface area contributed by atoms with Gasteiger partial charge < -0.3 is 18.6 Å². The molecule has 0 atom stereocenters. The minimum absolute atomic E-state index is 0.0249. The Morgan fingerprint density at radius 1 is 0.970 bits per heavy atom. The van der Waals surface area contributed by atoms with Gasteiger partial charge in [0, 0.05) is 0 Å². The number of allylic oxidation sites excluding steroid dienone is 3. The van der Waals surface area contributed by atoms with Gasteiger partial charge in [-0.05, 0) is 64.0 Å². The first-order valence-electron chi connectivity index (χ1n) is 10.7. The third kappa shape index (κ3) is 6.13. The molecule has 3 rings (SSSR count). The molecule has 0 spiro atoms. The Morgan fingerprint density at radius 3 is 2.42 bits per heavy atom. The standard InChI is InChI=1S/C27H28O6/c1-18(2)10-8-11-19(3)16-17-31-25-24(33-26(28)20-12-6-5-7-13-20)23-21(30-4)14-9-15-22(23)32-27(25)29/h5-7,9-10,12-16H,8,11,17H2,1-4H3. The monoisotopic (exact) mass is 448 g/mol. The molecule has 0 unspecified atom stereocenters. The summed E-state index contributed by atoms with van der Waals surface area (Å²) >= 11 is 0. The van der Waals surface area contributed by atoms with E-state index in [1.165, 1.54) is 12.7 Å². The molecule has 1 heterocycles. The molecule has 3 aromatic rings. The lowest BCUT2D eigenvalue weighted by molar-refractivity contribution is 0.0730. The second-order valence-electron chi connectivity index (χ2n) is 7.82. The first-order chi connectivity index (χ1) is 15.9. The SMILES string of the molecule is COc1cccc2oc(=O)c(OCC=C(C)CCC=C(C)C)c(OC(=O)c3ccccc3)c12. The molecule has 0 saturated carbocycles. The van der Waals surface area contributed by atoms with Crippen LogP contribution in [-0.2, 0) is 0 Å². The average Bonchev–Trinajstić information content (AvgIpc) is 2.80. The molecule has 6 heteroatoms. The maximum atomic E-state index is 12.8. The zero-order chi connectivity index (χ0) is 23.8. The van der Waals surface area contributed by atoms with E-state index in [4.69, 9.17) is 18.6 Å². The Morgan fingerprint density at radius 2 is 1.73 bits per heavy atom. The molecule has 0 aliphatic heterocycles. The molecule has 33 heavy (non-hydrogen) atoms. The van der Waals surface area contributed by atoms with Crippen molar-refractivity contribution < 1.29 is 23.4 Å². The van der Waals surface area contributed by atoms with E-state index in [0.29, 0.717) is 16.7 Å². The predicted molar refractivity (Wildman–Crippen MR) is 128 cm³/mol. The van der Waals surface area contributed by atoms with Crippen LogP contribution in [0.5, 0.6) is 17.2 Å². The average molecular weight is 449 g/mol. The van der Waals surface area contributed by atoms with Crippen LogP contribution < -0.4 is 19.8 Å². The molecule has 0 fully saturated rings. The van der Waals surface area contributed by atoms with E-state index in [1.807, 2.05) is 13.0 Å². The smallest absolute Gasteiger partial charge is 0.383 e. The number of carbonyl (C=O) groups excluding carboxylic acids is 1. The van der Waals surface area contributed by atoms with Crippen LogP contribution in [0.2, 0.25) is 0 Å². The molecular weight excluding hydrogens is 420 g/mol. The van der Waals surface area contributed by atoms with E-state index in [-0.39, 0.29) is 23.7 Å². The van der Waals surface area contributed by atoms with Crippen molar-refractivity contribution in [2.75, 3.05) is 13.7 Å². The topological polar surface area (TPSA) is 75.0 Å². The number of ether oxygens (including phenoxy) is 3. The zero-order valence-corrected chi connectivity index (χ0v) is 19.3. The predicted octanol–water partition coefficient (Wildman–Crippen LogP) is 6.09. The zero-order valence-electron chi connectivity index (χ0n) is 19.3. The molecule has 0 saturated heterocycles. The van der Waals surface area contributed by atoms with Crippen molar-refractivity contribution in [2.24, 2.45) is 0 Å². The summed E-state index contributed by atoms with van der Waals surface area (Å²) in [5.41, 5.74) is 2.23. The van der Waals surface area contributed by atoms with Gasteiger partial charge in [-0.25, -0.2) is 9.59 Å². The van der Waals surface area contributed by atoms with Crippen LogP contribution in [-0.4, -0.2) is 19.7 Å². The van der Waals surface area contributed by atoms with Crippen LogP contribution in [0.15, 0.2) is 81.0 Å². The summed E-state index contributed by atoms with van der Waals surface area (Å²) in [5.74, 6) is -0.426. The minimum atomic E-state index is -0.734. The highest BCUT2D eigenvalue weighted by Crippen LogP contribution is 2.39. The summed E-state index contributed by atoms with van der Waals surface area (Å²) in [7, 11) is 1.49. The van der Waals surface area contributed by atoms with Gasteiger partial charge in [-0.15, -0.1) is 0 Å². The highest BCUT2D eigenvalue weighted by Gasteiger charge is 2.23. The summed E-state index contributed by atoms with van der Waals surface area (Å²) in [6, 6.07) is 13.5. The van der Waals surface area contributed by atoms with Crippen LogP contribution >= 0.6 is 0 Å². The summed E-state index contributed by atoms with van der Waals surface area (Å²) in [6.45, 7) is 6.26. The summed E-state index contributed by atoms with van der Waals surface area (Å²) < 4.78 is 22.3. The second-order valence-corrected chi connectivity index (χ2v) is 7.82. The highest BCUT2D eigenvalue weighted by atomic mass is 16.6. The fraction of sp³-hybridized carbons (Fsp3) is 0.259. The fourth-order valence-electron chi connectivity index (χ4n) is 3.25. The summed E-state index contributed by atoms with van der Waals surface area (Å²) in [4.78, 5) is 25.5. The summed E-state index contributed by atoms with van der Waals surface area (Å²) in [5, 5.41) is 0.350. The van der Waals surface area contributed by atoms with Crippen LogP contribution in [0, 0.1) is 0 Å². The van der Waals surface area contributed by atoms with E-state index in [2.05, 4.69) is 19.9 Å². The van der Waals surface area contributed by atoms with Crippen LogP contribution in [0.3, 0.4) is 0 Å². The molecule has 0 amide bonds. The lowest BCUT2D eigenvalue weighted by Gasteiger charge is -2.14. The molecule has 172 valence electrons. The number of rotatable bonds is 9. The molecule has 0 aliphatic carbocycles. The van der Waals surface area contributed by atoms with E-state index in [1.54, 1.807) is 48.5 Å². The lowest BCUT2D eigenvalue weighted by atomic mass is 10.1. The largest absolute Gasteiger partial charge is 0.496 e. The summed E-state index contributed by atoms with van der Waals surface area (Å²) in [6.07, 6.45) is 5.88. The first-order valence-corrected chi connectivity index (χ1v) is 10.7. The van der Waals surface area contributed by atoms with Crippen molar-refractivity contribution in [3.05, 3.63) is 87.8 Å². The van der Waals surface area contributed by atoms with Gasteiger partial charge in [0.05, 0.1) is 12.7 Å². The number of carbonyl (C=O) groups is 1. The van der Waals surface area contributed by atoms with E-state index < -0.39 is 11.6 Å². The van der Waals surface area contributed by atoms with Crippen molar-refractivity contribution in [3.63, 3.8) is 0 Å². The number of hydrogen-bond acceptors (Lipinski definition) is 6. The number of esters is 1. The highest BCUT2D eigenvalue weighted by molar-refractivity contribution is 5.97. The van der Waals surface area contributed by atoms with E-state index >= 15 is 0 Å². The number of hydrogen-bond donors (Lipinski definition) is 0. The maximum absolute atomic E-state index is 12.8. The van der Waals surface area contributed by atoms with Crippen molar-refractivity contribution >= 4 is 16.9 Å². The molecule has 1 aromatic heterocycles. The second kappa shape index (κ2) is 11.2. The Hall–Kier alpha value is -3.80. The Balaban J connectivity index is 1.97. The Bertz CT molecular complexity index is 1230. The van der Waals surface area contributed by atoms with Crippen LogP contribution in [0.1, 0.15) is 44.0 Å². The minimum Gasteiger partial charge on any atom is -0.496 e. The molecule has 0 aliphatic rings. The van der Waals surface area contributed by atoms with Gasteiger partial charge in [-0.2, -0.15) is 0 Å². The maximum Gasteiger partial charge on any atom is 0.383 e. The van der Waals surface area contributed by atoms with Crippen molar-refractivity contribution in [1.82, 2.24) is 0 Å². The van der Waals surface area contributed by atoms with Crippen molar-refractivity contribution in [3.8, 4) is 17.2 Å². The molecule has 0 bridgehead atoms. The number of fused-ring (bicyclic) bond motifs is 1. The Kier molecular flexibility index (Phi) is 8.08. The van der Waals surface area contributed by atoms with Crippen molar-refractivity contribution in [1.29, 1.82) is 0 Å². The third-order valence-electron chi connectivity index (χ3n) is 4.98. The van der Waals surface area contributed by atoms with Crippen molar-refractivity contribution in [2.45, 2.75) is 33.6 Å². The molecule has 2 aromatic carbocycles. The van der Waals surface area contributed by atoms with Gasteiger partial charge in [-0.3, -0.25) is 0 Å². The van der Waals surface area contributed by atoms with Crippen LogP contribution in [0.25, 0.3) is 11.0 Å². The Labute approximate surface area is 193 Å². The number of benzene rings is 2. The fourth-order valence-corrected chi connectivity index (χ4v) is 3.25. The first kappa shape index (κ1) is 23.9. The van der Waals surface area contributed by atoms with Gasteiger partial charge >= 0.3 is 11.6 Å². The van der Waals surface area contributed by atoms with Gasteiger partial charge in [0.25, 0.3) is 0 Å². The van der Waals surface area contributed by atoms with E-state index in [0.717, 1.165) is 18.4 Å². The molecule has 0 N–H and O–H groups in total. The van der Waals surface area contributed by atoms with Crippen LogP contribution in [0.4, 0.5) is 0 Å². The van der Waals surface area contributed by atoms with Gasteiger partial charge in [0.2, 0.25) is 5.75 Å². The van der Waals surface area contributed by atoms with Gasteiger partial charge in [0.1, 0.15) is 23.3 Å². The lowest BCUT2D eigenvalue weighted by Crippen LogP contribution is -2.15. The third-order valence-corrected chi connectivity index (χ3v) is 4.98. The molecule has 0 radical (unpaired) electrons. The number of methoxy groups -OCH3 is 1. The normalized spacial score (nSPS) is 11.2. The quantitative estimate of drug-likeness (QED) is 0.224. The molecular formula is C27H28O6. The van der Waals surface area contributed by atoms with Gasteiger partial charge in [0.15, 0.2) is 5.75 Å². The molecule has 6 nitrogen and oxygen atoms in total. The van der Waals surface area contributed by atoms with E-state index in [9.17, 15) is 9.59 Å². The van der Waals surface area contributed by atoms with Gasteiger partial charge in [-0.1, -0.05) is 41.5 Å².